The van der Waals surface area contributed by atoms with Crippen molar-refractivity contribution in [1.29, 1.82) is 0 Å². The van der Waals surface area contributed by atoms with Crippen LogP contribution in [0.4, 0.5) is 0 Å². The van der Waals surface area contributed by atoms with E-state index >= 15 is 0 Å². The average molecular weight is 322 g/mol. The fourth-order valence-corrected chi connectivity index (χ4v) is 2.21. The first-order chi connectivity index (χ1) is 10.7. The van der Waals surface area contributed by atoms with Crippen molar-refractivity contribution in [3.8, 4) is 17.2 Å². The molecule has 0 saturated heterocycles. The minimum Gasteiger partial charge on any atom is -0.497 e. The van der Waals surface area contributed by atoms with Gasteiger partial charge in [0.2, 0.25) is 0 Å². The van der Waals surface area contributed by atoms with Gasteiger partial charge in [0.1, 0.15) is 30.5 Å². The lowest BCUT2D eigenvalue weighted by Crippen LogP contribution is -2.11. The largest absolute Gasteiger partial charge is 0.497 e. The number of rotatable bonds is 8. The minimum absolute atomic E-state index is 0.406. The quantitative estimate of drug-likeness (QED) is 0.758. The monoisotopic (exact) mass is 321 g/mol. The van der Waals surface area contributed by atoms with Gasteiger partial charge >= 0.3 is 0 Å². The van der Waals surface area contributed by atoms with Crippen LogP contribution >= 0.6 is 11.6 Å². The third-order valence-corrected chi connectivity index (χ3v) is 3.44. The van der Waals surface area contributed by atoms with Crippen LogP contribution in [-0.2, 0) is 6.42 Å². The van der Waals surface area contributed by atoms with Crippen molar-refractivity contribution < 1.29 is 14.2 Å². The van der Waals surface area contributed by atoms with E-state index in [1.165, 1.54) is 0 Å². The molecule has 4 nitrogen and oxygen atoms in total. The van der Waals surface area contributed by atoms with Crippen LogP contribution in [0.2, 0.25) is 5.02 Å². The van der Waals surface area contributed by atoms with Crippen LogP contribution in [-0.4, -0.2) is 26.9 Å². The molecule has 2 aromatic carbocycles. The second-order valence-electron chi connectivity index (χ2n) is 4.64. The Labute approximate surface area is 135 Å². The fourth-order valence-electron chi connectivity index (χ4n) is 2.02. The zero-order valence-electron chi connectivity index (χ0n) is 12.5. The summed E-state index contributed by atoms with van der Waals surface area (Å²) in [6.07, 6.45) is 0.755. The van der Waals surface area contributed by atoms with E-state index in [4.69, 9.17) is 31.5 Å². The molecule has 0 radical (unpaired) electrons. The van der Waals surface area contributed by atoms with Crippen molar-refractivity contribution in [2.45, 2.75) is 6.42 Å². The summed E-state index contributed by atoms with van der Waals surface area (Å²) in [7, 11) is 1.63. The van der Waals surface area contributed by atoms with Gasteiger partial charge in [0, 0.05) is 6.07 Å². The molecule has 0 atom stereocenters. The van der Waals surface area contributed by atoms with Crippen molar-refractivity contribution in [2.24, 2.45) is 5.73 Å². The van der Waals surface area contributed by atoms with E-state index in [1.54, 1.807) is 13.2 Å². The number of hydrogen-bond donors (Lipinski definition) is 1. The molecule has 0 bridgehead atoms. The van der Waals surface area contributed by atoms with Crippen LogP contribution in [0.25, 0.3) is 0 Å². The lowest BCUT2D eigenvalue weighted by atomic mass is 10.1. The molecule has 0 aliphatic heterocycles. The van der Waals surface area contributed by atoms with Gasteiger partial charge in [-0.15, -0.1) is 0 Å². The van der Waals surface area contributed by atoms with Crippen molar-refractivity contribution in [3.05, 3.63) is 53.1 Å². The molecule has 0 aliphatic carbocycles. The van der Waals surface area contributed by atoms with E-state index in [0.717, 1.165) is 23.5 Å². The number of ether oxygens (including phenoxy) is 3. The Hall–Kier alpha value is -1.91. The molecule has 2 aromatic rings. The van der Waals surface area contributed by atoms with Gasteiger partial charge in [-0.05, 0) is 36.7 Å². The van der Waals surface area contributed by atoms with Gasteiger partial charge in [-0.3, -0.25) is 0 Å². The van der Waals surface area contributed by atoms with E-state index < -0.39 is 0 Å². The van der Waals surface area contributed by atoms with Gasteiger partial charge in [0.25, 0.3) is 0 Å². The highest BCUT2D eigenvalue weighted by Crippen LogP contribution is 2.26. The second kappa shape index (κ2) is 8.51. The van der Waals surface area contributed by atoms with Crippen LogP contribution in [0, 0.1) is 0 Å². The molecule has 0 saturated carbocycles. The molecular weight excluding hydrogens is 302 g/mol. The first kappa shape index (κ1) is 16.5. The lowest BCUT2D eigenvalue weighted by Gasteiger charge is -2.13. The van der Waals surface area contributed by atoms with E-state index in [9.17, 15) is 0 Å². The minimum atomic E-state index is 0.406. The summed E-state index contributed by atoms with van der Waals surface area (Å²) in [5.74, 6) is 2.18. The molecule has 2 rings (SSSR count). The molecule has 22 heavy (non-hydrogen) atoms. The topological polar surface area (TPSA) is 53.7 Å². The predicted molar refractivity (Wildman–Crippen MR) is 88.2 cm³/mol. The van der Waals surface area contributed by atoms with Crippen LogP contribution < -0.4 is 19.9 Å². The molecule has 0 unspecified atom stereocenters. The number of nitrogens with two attached hydrogens (primary N) is 1. The maximum atomic E-state index is 6.03. The Balaban J connectivity index is 1.92. The summed E-state index contributed by atoms with van der Waals surface area (Å²) in [6, 6.07) is 13.1. The van der Waals surface area contributed by atoms with E-state index in [2.05, 4.69) is 0 Å². The maximum Gasteiger partial charge on any atom is 0.138 e. The molecule has 118 valence electrons. The summed E-state index contributed by atoms with van der Waals surface area (Å²) < 4.78 is 16.6. The molecule has 0 aromatic heterocycles. The highest BCUT2D eigenvalue weighted by molar-refractivity contribution is 6.32. The Morgan fingerprint density at radius 3 is 2.41 bits per heavy atom. The summed E-state index contributed by atoms with van der Waals surface area (Å²) in [6.45, 7) is 1.39. The summed E-state index contributed by atoms with van der Waals surface area (Å²) in [5.41, 5.74) is 6.68. The number of methoxy groups -OCH3 is 1. The van der Waals surface area contributed by atoms with Gasteiger partial charge in [-0.2, -0.15) is 0 Å². The Morgan fingerprint density at radius 2 is 1.73 bits per heavy atom. The van der Waals surface area contributed by atoms with Crippen molar-refractivity contribution in [1.82, 2.24) is 0 Å². The zero-order valence-corrected chi connectivity index (χ0v) is 13.3. The van der Waals surface area contributed by atoms with Gasteiger partial charge in [0.05, 0.1) is 12.1 Å². The third-order valence-electron chi connectivity index (χ3n) is 3.12. The smallest absolute Gasteiger partial charge is 0.138 e. The van der Waals surface area contributed by atoms with Crippen LogP contribution in [0.15, 0.2) is 42.5 Å². The number of halogens is 1. The normalized spacial score (nSPS) is 10.3. The van der Waals surface area contributed by atoms with Gasteiger partial charge in [0.15, 0.2) is 0 Å². The van der Waals surface area contributed by atoms with Crippen LogP contribution in [0.5, 0.6) is 17.2 Å². The maximum absolute atomic E-state index is 6.03. The van der Waals surface area contributed by atoms with Crippen LogP contribution in [0.1, 0.15) is 5.56 Å². The number of para-hydroxylation sites is 1. The molecular formula is C17H20ClNO3. The first-order valence-corrected chi connectivity index (χ1v) is 7.49. The predicted octanol–water partition coefficient (Wildman–Crippen LogP) is 3.31. The summed E-state index contributed by atoms with van der Waals surface area (Å²) >= 11 is 6.03. The highest BCUT2D eigenvalue weighted by atomic mass is 35.5. The lowest BCUT2D eigenvalue weighted by molar-refractivity contribution is 0.215. The number of hydrogen-bond acceptors (Lipinski definition) is 4. The Kier molecular flexibility index (Phi) is 6.37. The molecule has 5 heteroatoms. The van der Waals surface area contributed by atoms with Crippen molar-refractivity contribution >= 4 is 11.6 Å². The van der Waals surface area contributed by atoms with Gasteiger partial charge in [-0.25, -0.2) is 0 Å². The number of benzene rings is 2. The van der Waals surface area contributed by atoms with E-state index in [-0.39, 0.29) is 0 Å². The SMILES string of the molecule is COc1ccc(CCN)c(OCCOc2ccccc2Cl)c1. The fraction of sp³-hybridized carbons (Fsp3) is 0.294. The van der Waals surface area contributed by atoms with Crippen molar-refractivity contribution in [3.63, 3.8) is 0 Å². The molecule has 0 amide bonds. The zero-order chi connectivity index (χ0) is 15.8. The molecule has 2 N–H and O–H groups in total. The van der Waals surface area contributed by atoms with Gasteiger partial charge < -0.3 is 19.9 Å². The molecule has 0 aliphatic rings. The molecule has 0 spiro atoms. The van der Waals surface area contributed by atoms with E-state index in [0.29, 0.717) is 30.5 Å². The van der Waals surface area contributed by atoms with Crippen molar-refractivity contribution in [2.75, 3.05) is 26.9 Å². The third kappa shape index (κ3) is 4.55. The highest BCUT2D eigenvalue weighted by Gasteiger charge is 2.06. The summed E-state index contributed by atoms with van der Waals surface area (Å²) in [5, 5.41) is 0.590. The second-order valence-corrected chi connectivity index (χ2v) is 5.05. The molecule has 0 fully saturated rings. The molecule has 0 heterocycles. The van der Waals surface area contributed by atoms with E-state index in [1.807, 2.05) is 36.4 Å². The summed E-state index contributed by atoms with van der Waals surface area (Å²) in [4.78, 5) is 0. The first-order valence-electron chi connectivity index (χ1n) is 7.11. The Bertz CT molecular complexity index is 604. The van der Waals surface area contributed by atoms with Gasteiger partial charge in [-0.1, -0.05) is 29.8 Å². The standard InChI is InChI=1S/C17H20ClNO3/c1-20-14-7-6-13(8-9-19)17(12-14)22-11-10-21-16-5-3-2-4-15(16)18/h2-7,12H,8-11,19H2,1H3. The average Bonchev–Trinajstić information content (AvgIpc) is 2.54. The van der Waals surface area contributed by atoms with Crippen LogP contribution in [0.3, 0.4) is 0 Å². The Morgan fingerprint density at radius 1 is 1.00 bits per heavy atom.